The van der Waals surface area contributed by atoms with E-state index in [-0.39, 0.29) is 23.4 Å². The predicted molar refractivity (Wildman–Crippen MR) is 164 cm³/mol. The fourth-order valence-corrected chi connectivity index (χ4v) is 6.84. The molecule has 1 N–H and O–H groups in total. The van der Waals surface area contributed by atoms with E-state index in [4.69, 9.17) is 23.2 Å². The molecule has 0 heterocycles. The van der Waals surface area contributed by atoms with Crippen LogP contribution in [0.1, 0.15) is 50.2 Å². The van der Waals surface area contributed by atoms with E-state index in [0.29, 0.717) is 27.7 Å². The highest BCUT2D eigenvalue weighted by Crippen LogP contribution is 2.27. The van der Waals surface area contributed by atoms with E-state index in [1.54, 1.807) is 60.7 Å². The number of rotatable bonds is 11. The molecule has 1 unspecified atom stereocenters. The van der Waals surface area contributed by atoms with Crippen LogP contribution in [0, 0.1) is 6.92 Å². The SMILES string of the molecule is CCC(C(=O)NC1CCCC1)N(Cc1ccc(Cl)c(Cl)c1)C(=O)CN(c1ccc(C)cc1)S(=O)(=O)c1ccccc1. The molecular weight excluding hydrogens is 581 g/mol. The summed E-state index contributed by atoms with van der Waals surface area (Å²) < 4.78 is 28.8. The van der Waals surface area contributed by atoms with Crippen LogP contribution in [0.5, 0.6) is 0 Å². The van der Waals surface area contributed by atoms with Gasteiger partial charge in [-0.25, -0.2) is 8.42 Å². The lowest BCUT2D eigenvalue weighted by Crippen LogP contribution is -2.53. The summed E-state index contributed by atoms with van der Waals surface area (Å²) in [6, 6.07) is 19.3. The largest absolute Gasteiger partial charge is 0.352 e. The van der Waals surface area contributed by atoms with E-state index in [1.165, 1.54) is 17.0 Å². The van der Waals surface area contributed by atoms with Crippen molar-refractivity contribution in [2.45, 2.75) is 69.5 Å². The molecule has 0 aromatic heterocycles. The van der Waals surface area contributed by atoms with Crippen molar-refractivity contribution in [1.82, 2.24) is 10.2 Å². The number of halogens is 2. The quantitative estimate of drug-likeness (QED) is 0.272. The molecule has 1 atom stereocenters. The minimum absolute atomic E-state index is 0.0550. The number of nitrogens with one attached hydrogen (secondary N) is 1. The fourth-order valence-electron chi connectivity index (χ4n) is 5.08. The molecule has 3 aromatic carbocycles. The van der Waals surface area contributed by atoms with Gasteiger partial charge in [0.2, 0.25) is 11.8 Å². The Labute approximate surface area is 252 Å². The van der Waals surface area contributed by atoms with Gasteiger partial charge in [-0.3, -0.25) is 13.9 Å². The summed E-state index contributed by atoms with van der Waals surface area (Å²) in [5, 5.41) is 3.81. The van der Waals surface area contributed by atoms with Crippen molar-refractivity contribution in [3.63, 3.8) is 0 Å². The average Bonchev–Trinajstić information content (AvgIpc) is 3.47. The van der Waals surface area contributed by atoms with E-state index >= 15 is 0 Å². The molecule has 41 heavy (non-hydrogen) atoms. The summed E-state index contributed by atoms with van der Waals surface area (Å²) >= 11 is 12.4. The number of nitrogens with zero attached hydrogens (tertiary/aromatic N) is 2. The van der Waals surface area contributed by atoms with Crippen LogP contribution in [0.25, 0.3) is 0 Å². The standard InChI is InChI=1S/C31H35Cl2N3O4S/c1-3-29(31(38)34-24-9-7-8-10-24)35(20-23-15-18-27(32)28(33)19-23)30(37)21-36(25-16-13-22(2)14-17-25)41(39,40)26-11-5-4-6-12-26/h4-6,11-19,24,29H,3,7-10,20-21H2,1-2H3,(H,34,38). The Morgan fingerprint density at radius 1 is 0.951 bits per heavy atom. The Morgan fingerprint density at radius 2 is 1.61 bits per heavy atom. The number of aryl methyl sites for hydroxylation is 1. The molecule has 3 aromatic rings. The zero-order valence-corrected chi connectivity index (χ0v) is 25.6. The lowest BCUT2D eigenvalue weighted by molar-refractivity contribution is -0.140. The molecule has 2 amide bonds. The molecule has 1 aliphatic rings. The second-order valence-corrected chi connectivity index (χ2v) is 13.0. The van der Waals surface area contributed by atoms with Gasteiger partial charge < -0.3 is 10.2 Å². The number of carbonyl (C=O) groups excluding carboxylic acids is 2. The third kappa shape index (κ3) is 7.61. The first kappa shape index (κ1) is 30.9. The van der Waals surface area contributed by atoms with Gasteiger partial charge >= 0.3 is 0 Å². The normalized spacial score (nSPS) is 14.4. The Morgan fingerprint density at radius 3 is 2.22 bits per heavy atom. The molecule has 10 heteroatoms. The second-order valence-electron chi connectivity index (χ2n) is 10.3. The van der Waals surface area contributed by atoms with Crippen LogP contribution in [0.2, 0.25) is 10.0 Å². The van der Waals surface area contributed by atoms with Crippen LogP contribution in [0.3, 0.4) is 0 Å². The van der Waals surface area contributed by atoms with E-state index in [2.05, 4.69) is 5.32 Å². The van der Waals surface area contributed by atoms with Crippen molar-refractivity contribution in [1.29, 1.82) is 0 Å². The summed E-state index contributed by atoms with van der Waals surface area (Å²) in [6.07, 6.45) is 4.26. The molecule has 0 saturated heterocycles. The number of hydrogen-bond donors (Lipinski definition) is 1. The summed E-state index contributed by atoms with van der Waals surface area (Å²) in [4.78, 5) is 29.2. The summed E-state index contributed by atoms with van der Waals surface area (Å²) in [5.74, 6) is -0.759. The van der Waals surface area contributed by atoms with Crippen molar-refractivity contribution in [3.05, 3.63) is 94.0 Å². The number of anilines is 1. The first-order valence-electron chi connectivity index (χ1n) is 13.8. The van der Waals surface area contributed by atoms with Gasteiger partial charge in [-0.05, 0) is 68.1 Å². The van der Waals surface area contributed by atoms with Gasteiger partial charge in [0.15, 0.2) is 0 Å². The third-order valence-electron chi connectivity index (χ3n) is 7.36. The van der Waals surface area contributed by atoms with Gasteiger partial charge in [-0.1, -0.05) is 84.9 Å². The summed E-state index contributed by atoms with van der Waals surface area (Å²) in [6.45, 7) is 3.31. The minimum atomic E-state index is -4.11. The highest BCUT2D eigenvalue weighted by molar-refractivity contribution is 7.92. The molecular formula is C31H35Cl2N3O4S. The van der Waals surface area contributed by atoms with Gasteiger partial charge in [0.25, 0.3) is 10.0 Å². The van der Waals surface area contributed by atoms with Crippen LogP contribution in [-0.4, -0.2) is 43.8 Å². The lowest BCUT2D eigenvalue weighted by Gasteiger charge is -2.34. The van der Waals surface area contributed by atoms with Gasteiger partial charge in [-0.2, -0.15) is 0 Å². The molecule has 1 aliphatic carbocycles. The average molecular weight is 617 g/mol. The fraction of sp³-hybridized carbons (Fsp3) is 0.355. The Balaban J connectivity index is 1.71. The van der Waals surface area contributed by atoms with E-state index in [9.17, 15) is 18.0 Å². The Kier molecular flexibility index (Phi) is 10.3. The molecule has 0 radical (unpaired) electrons. The Hall–Kier alpha value is -3.07. The van der Waals surface area contributed by atoms with Gasteiger partial charge in [0.1, 0.15) is 12.6 Å². The number of sulfonamides is 1. The summed E-state index contributed by atoms with van der Waals surface area (Å²) in [5.41, 5.74) is 1.98. The van der Waals surface area contributed by atoms with Crippen LogP contribution in [-0.2, 0) is 26.2 Å². The maximum absolute atomic E-state index is 14.2. The highest BCUT2D eigenvalue weighted by Gasteiger charge is 2.34. The maximum Gasteiger partial charge on any atom is 0.264 e. The Bertz CT molecular complexity index is 1460. The van der Waals surface area contributed by atoms with E-state index < -0.39 is 28.5 Å². The lowest BCUT2D eigenvalue weighted by atomic mass is 10.1. The van der Waals surface area contributed by atoms with Crippen LogP contribution in [0.15, 0.2) is 77.7 Å². The molecule has 7 nitrogen and oxygen atoms in total. The van der Waals surface area contributed by atoms with Crippen LogP contribution in [0.4, 0.5) is 5.69 Å². The van der Waals surface area contributed by atoms with Gasteiger partial charge in [0.05, 0.1) is 20.6 Å². The van der Waals surface area contributed by atoms with Crippen molar-refractivity contribution < 1.29 is 18.0 Å². The van der Waals surface area contributed by atoms with Crippen LogP contribution >= 0.6 is 23.2 Å². The van der Waals surface area contributed by atoms with E-state index in [1.807, 2.05) is 13.8 Å². The maximum atomic E-state index is 14.2. The van der Waals surface area contributed by atoms with Gasteiger partial charge in [0, 0.05) is 12.6 Å². The first-order valence-corrected chi connectivity index (χ1v) is 16.0. The molecule has 0 bridgehead atoms. The van der Waals surface area contributed by atoms with E-state index in [0.717, 1.165) is 35.6 Å². The summed E-state index contributed by atoms with van der Waals surface area (Å²) in [7, 11) is -4.11. The van der Waals surface area contributed by atoms with Gasteiger partial charge in [-0.15, -0.1) is 0 Å². The predicted octanol–water partition coefficient (Wildman–Crippen LogP) is 6.36. The van der Waals surface area contributed by atoms with Crippen molar-refractivity contribution in [2.75, 3.05) is 10.8 Å². The molecule has 218 valence electrons. The van der Waals surface area contributed by atoms with Crippen molar-refractivity contribution in [2.24, 2.45) is 0 Å². The topological polar surface area (TPSA) is 86.8 Å². The number of hydrogen-bond acceptors (Lipinski definition) is 4. The molecule has 4 rings (SSSR count). The minimum Gasteiger partial charge on any atom is -0.352 e. The van der Waals surface area contributed by atoms with Crippen LogP contribution < -0.4 is 9.62 Å². The van der Waals surface area contributed by atoms with Crippen molar-refractivity contribution in [3.8, 4) is 0 Å². The molecule has 1 fully saturated rings. The second kappa shape index (κ2) is 13.7. The third-order valence-corrected chi connectivity index (χ3v) is 9.88. The number of benzene rings is 3. The highest BCUT2D eigenvalue weighted by atomic mass is 35.5. The number of carbonyl (C=O) groups is 2. The molecule has 1 saturated carbocycles. The zero-order valence-electron chi connectivity index (χ0n) is 23.2. The molecule has 0 spiro atoms. The zero-order chi connectivity index (χ0) is 29.6. The molecule has 0 aliphatic heterocycles. The monoisotopic (exact) mass is 615 g/mol. The smallest absolute Gasteiger partial charge is 0.264 e. The number of amides is 2. The first-order chi connectivity index (χ1) is 19.6. The van der Waals surface area contributed by atoms with Crippen molar-refractivity contribution >= 4 is 50.7 Å².